The van der Waals surface area contributed by atoms with Gasteiger partial charge in [0, 0.05) is 32.2 Å². The van der Waals surface area contributed by atoms with E-state index in [0.29, 0.717) is 25.5 Å². The summed E-state index contributed by atoms with van der Waals surface area (Å²) in [5, 5.41) is 13.6. The highest BCUT2D eigenvalue weighted by molar-refractivity contribution is 5.79. The molecule has 1 aliphatic heterocycles. The summed E-state index contributed by atoms with van der Waals surface area (Å²) in [6, 6.07) is 1.51. The number of nitrogens with two attached hydrogens (primary N) is 1. The number of carbonyl (C=O) groups is 1. The first-order valence-electron chi connectivity index (χ1n) is 7.36. The summed E-state index contributed by atoms with van der Waals surface area (Å²) < 4.78 is 0. The average molecular weight is 307 g/mol. The predicted molar refractivity (Wildman–Crippen MR) is 82.6 cm³/mol. The van der Waals surface area contributed by atoms with Crippen LogP contribution < -0.4 is 16.0 Å². The molecule has 8 heteroatoms. The van der Waals surface area contributed by atoms with Crippen molar-refractivity contribution in [2.24, 2.45) is 11.7 Å². The fourth-order valence-electron chi connectivity index (χ4n) is 2.71. The Bertz CT molecular complexity index is 563. The lowest BCUT2D eigenvalue weighted by molar-refractivity contribution is -0.385. The number of carbonyl (C=O) groups excluding carboxylic acids is 1. The van der Waals surface area contributed by atoms with Crippen LogP contribution >= 0.6 is 0 Å². The van der Waals surface area contributed by atoms with Crippen molar-refractivity contribution in [1.29, 1.82) is 0 Å². The van der Waals surface area contributed by atoms with Crippen molar-refractivity contribution < 1.29 is 9.72 Å². The third-order valence-corrected chi connectivity index (χ3v) is 3.78. The Morgan fingerprint density at radius 2 is 2.41 bits per heavy atom. The number of anilines is 1. The molecule has 22 heavy (non-hydrogen) atoms. The van der Waals surface area contributed by atoms with E-state index in [1.165, 1.54) is 12.3 Å². The standard InChI is InChI=1S/C14H21N5O3/c1-10-7-12(19(21)22)8-17-13(10)18-6-2-3-11(9-18)14(20)16-5-4-15/h7-8,11H,2-6,9,15H2,1H3,(H,16,20). The third kappa shape index (κ3) is 3.70. The van der Waals surface area contributed by atoms with E-state index < -0.39 is 4.92 Å². The lowest BCUT2D eigenvalue weighted by Crippen LogP contribution is -2.44. The van der Waals surface area contributed by atoms with Gasteiger partial charge in [0.1, 0.15) is 12.0 Å². The molecule has 0 aromatic carbocycles. The van der Waals surface area contributed by atoms with E-state index in [4.69, 9.17) is 5.73 Å². The summed E-state index contributed by atoms with van der Waals surface area (Å²) in [5.41, 5.74) is 6.12. The molecule has 1 saturated heterocycles. The Kier molecular flexibility index (Phi) is 5.26. The minimum absolute atomic E-state index is 0.00900. The van der Waals surface area contributed by atoms with Crippen molar-refractivity contribution in [2.45, 2.75) is 19.8 Å². The molecule has 1 atom stereocenters. The van der Waals surface area contributed by atoms with Crippen LogP contribution in [0, 0.1) is 23.0 Å². The lowest BCUT2D eigenvalue weighted by atomic mass is 9.96. The number of nitrogens with one attached hydrogen (secondary N) is 1. The van der Waals surface area contributed by atoms with E-state index in [0.717, 1.165) is 24.9 Å². The van der Waals surface area contributed by atoms with Crippen molar-refractivity contribution >= 4 is 17.4 Å². The Balaban J connectivity index is 2.09. The zero-order valence-electron chi connectivity index (χ0n) is 12.6. The molecule has 0 spiro atoms. The van der Waals surface area contributed by atoms with E-state index in [9.17, 15) is 14.9 Å². The molecule has 0 saturated carbocycles. The van der Waals surface area contributed by atoms with Crippen molar-refractivity contribution in [3.05, 3.63) is 27.9 Å². The zero-order valence-corrected chi connectivity index (χ0v) is 12.6. The molecule has 0 bridgehead atoms. The molecular formula is C14H21N5O3. The van der Waals surface area contributed by atoms with Crippen LogP contribution in [0.15, 0.2) is 12.3 Å². The highest BCUT2D eigenvalue weighted by atomic mass is 16.6. The van der Waals surface area contributed by atoms with E-state index in [1.54, 1.807) is 6.92 Å². The molecule has 0 aliphatic carbocycles. The minimum Gasteiger partial charge on any atom is -0.356 e. The fraction of sp³-hybridized carbons (Fsp3) is 0.571. The smallest absolute Gasteiger partial charge is 0.287 e. The Morgan fingerprint density at radius 1 is 1.64 bits per heavy atom. The summed E-state index contributed by atoms with van der Waals surface area (Å²) >= 11 is 0. The van der Waals surface area contributed by atoms with Gasteiger partial charge in [-0.15, -0.1) is 0 Å². The van der Waals surface area contributed by atoms with E-state index in [2.05, 4.69) is 10.3 Å². The highest BCUT2D eigenvalue weighted by Crippen LogP contribution is 2.26. The topological polar surface area (TPSA) is 114 Å². The number of hydrogen-bond donors (Lipinski definition) is 2. The van der Waals surface area contributed by atoms with E-state index >= 15 is 0 Å². The summed E-state index contributed by atoms with van der Waals surface area (Å²) in [6.07, 6.45) is 2.98. The van der Waals surface area contributed by atoms with Crippen LogP contribution in [0.25, 0.3) is 0 Å². The maximum absolute atomic E-state index is 12.1. The van der Waals surface area contributed by atoms with Gasteiger partial charge in [0.2, 0.25) is 5.91 Å². The first-order valence-corrected chi connectivity index (χ1v) is 7.36. The Morgan fingerprint density at radius 3 is 3.05 bits per heavy atom. The second kappa shape index (κ2) is 7.17. The lowest BCUT2D eigenvalue weighted by Gasteiger charge is -2.33. The van der Waals surface area contributed by atoms with Crippen molar-refractivity contribution in [2.75, 3.05) is 31.1 Å². The number of rotatable bonds is 5. The summed E-state index contributed by atoms with van der Waals surface area (Å²) in [7, 11) is 0. The van der Waals surface area contributed by atoms with Crippen LogP contribution in [0.4, 0.5) is 11.5 Å². The average Bonchev–Trinajstić information content (AvgIpc) is 2.52. The van der Waals surface area contributed by atoms with E-state index in [1.807, 2.05) is 4.90 Å². The number of piperidine rings is 1. The van der Waals surface area contributed by atoms with Gasteiger partial charge < -0.3 is 16.0 Å². The predicted octanol–water partition coefficient (Wildman–Crippen LogP) is 0.590. The number of pyridine rings is 1. The maximum Gasteiger partial charge on any atom is 0.287 e. The normalized spacial score (nSPS) is 18.1. The van der Waals surface area contributed by atoms with Crippen LogP contribution in [-0.4, -0.2) is 42.0 Å². The molecule has 1 fully saturated rings. The molecule has 1 aromatic heterocycles. The van der Waals surface area contributed by atoms with Gasteiger partial charge in [-0.2, -0.15) is 0 Å². The van der Waals surface area contributed by atoms with Gasteiger partial charge in [0.05, 0.1) is 10.8 Å². The number of nitrogens with zero attached hydrogens (tertiary/aromatic N) is 3. The van der Waals surface area contributed by atoms with Crippen LogP contribution in [0.3, 0.4) is 0 Å². The first kappa shape index (κ1) is 16.2. The molecular weight excluding hydrogens is 286 g/mol. The van der Waals surface area contributed by atoms with Crippen molar-refractivity contribution in [3.8, 4) is 0 Å². The quantitative estimate of drug-likeness (QED) is 0.608. The van der Waals surface area contributed by atoms with Crippen molar-refractivity contribution in [3.63, 3.8) is 0 Å². The van der Waals surface area contributed by atoms with Crippen LogP contribution in [0.2, 0.25) is 0 Å². The summed E-state index contributed by atoms with van der Waals surface area (Å²) in [4.78, 5) is 28.6. The number of amides is 1. The zero-order chi connectivity index (χ0) is 16.1. The highest BCUT2D eigenvalue weighted by Gasteiger charge is 2.27. The third-order valence-electron chi connectivity index (χ3n) is 3.78. The first-order chi connectivity index (χ1) is 10.5. The van der Waals surface area contributed by atoms with Crippen molar-refractivity contribution in [1.82, 2.24) is 10.3 Å². The molecule has 1 aromatic rings. The van der Waals surface area contributed by atoms with Crippen LogP contribution in [0.1, 0.15) is 18.4 Å². The number of nitro groups is 1. The Hall–Kier alpha value is -2.22. The van der Waals surface area contributed by atoms with Gasteiger partial charge in [-0.1, -0.05) is 0 Å². The fourth-order valence-corrected chi connectivity index (χ4v) is 2.71. The number of hydrogen-bond acceptors (Lipinski definition) is 6. The SMILES string of the molecule is Cc1cc([N+](=O)[O-])cnc1N1CCCC(C(=O)NCCN)C1. The summed E-state index contributed by atoms with van der Waals surface area (Å²) in [5.74, 6) is 0.619. The molecule has 8 nitrogen and oxygen atoms in total. The molecule has 1 amide bonds. The molecule has 120 valence electrons. The molecule has 2 heterocycles. The second-order valence-corrected chi connectivity index (χ2v) is 5.46. The van der Waals surface area contributed by atoms with Crippen LogP contribution in [0.5, 0.6) is 0 Å². The van der Waals surface area contributed by atoms with Gasteiger partial charge in [-0.3, -0.25) is 14.9 Å². The van der Waals surface area contributed by atoms with Gasteiger partial charge in [-0.05, 0) is 25.3 Å². The van der Waals surface area contributed by atoms with Gasteiger partial charge in [-0.25, -0.2) is 4.98 Å². The van der Waals surface area contributed by atoms with Gasteiger partial charge in [0.15, 0.2) is 0 Å². The maximum atomic E-state index is 12.1. The number of aromatic nitrogens is 1. The van der Waals surface area contributed by atoms with Crippen LogP contribution in [-0.2, 0) is 4.79 Å². The van der Waals surface area contributed by atoms with E-state index in [-0.39, 0.29) is 17.5 Å². The molecule has 3 N–H and O–H groups in total. The summed E-state index contributed by atoms with van der Waals surface area (Å²) in [6.45, 7) is 4.07. The molecule has 2 rings (SSSR count). The van der Waals surface area contributed by atoms with Gasteiger partial charge >= 0.3 is 0 Å². The largest absolute Gasteiger partial charge is 0.356 e. The second-order valence-electron chi connectivity index (χ2n) is 5.46. The monoisotopic (exact) mass is 307 g/mol. The molecule has 1 unspecified atom stereocenters. The molecule has 1 aliphatic rings. The molecule has 0 radical (unpaired) electrons. The Labute approximate surface area is 128 Å². The minimum atomic E-state index is -0.455. The number of aryl methyl sites for hydroxylation is 1. The van der Waals surface area contributed by atoms with Gasteiger partial charge in [0.25, 0.3) is 5.69 Å².